The molecule has 2 heterocycles. The van der Waals surface area contributed by atoms with Crippen molar-refractivity contribution in [2.45, 2.75) is 76.4 Å². The lowest BCUT2D eigenvalue weighted by molar-refractivity contribution is -0.916. The first-order valence-electron chi connectivity index (χ1n) is 14.8. The molecule has 1 fully saturated rings. The fourth-order valence-electron chi connectivity index (χ4n) is 7.07. The maximum atomic E-state index is 15.2. The van der Waals surface area contributed by atoms with E-state index in [2.05, 4.69) is 51.5 Å². The number of aromatic nitrogens is 1. The van der Waals surface area contributed by atoms with Gasteiger partial charge in [0, 0.05) is 29.6 Å². The second-order valence-electron chi connectivity index (χ2n) is 12.8. The normalized spacial score (nSPS) is 26.4. The summed E-state index contributed by atoms with van der Waals surface area (Å²) in [5, 5.41) is 5.85. The van der Waals surface area contributed by atoms with Crippen molar-refractivity contribution in [3.05, 3.63) is 71.4 Å². The van der Waals surface area contributed by atoms with Crippen molar-refractivity contribution in [1.29, 1.82) is 0 Å². The third-order valence-electron chi connectivity index (χ3n) is 9.38. The zero-order chi connectivity index (χ0) is 28.5. The van der Waals surface area contributed by atoms with Gasteiger partial charge in [0.25, 0.3) is 5.92 Å². The Morgan fingerprint density at radius 1 is 1.10 bits per heavy atom. The molecule has 1 aliphatic carbocycles. The first-order valence-corrected chi connectivity index (χ1v) is 14.8. The molecule has 0 radical (unpaired) electrons. The van der Waals surface area contributed by atoms with Crippen LogP contribution in [0.3, 0.4) is 0 Å². The number of alkyl halides is 2. The van der Waals surface area contributed by atoms with Crippen LogP contribution < -0.4 is 15.8 Å². The number of quaternary nitrogens is 1. The standard InChI is InChI=1S/C33H45F2N4O/c1-5-6-13-25-20-23-11-7-9-14-26(23)31(38-25)40-19-18-39(3,4)29-28(36)22-37-30(29)32(2)16-17-33(34,35)27-15-10-8-12-24(27)21-32/h7-12,14-15,20,28-30,37H,5-6,13,16-19,21-22,36H2,1-4H3/q+1. The highest BCUT2D eigenvalue weighted by molar-refractivity contribution is 5.87. The zero-order valence-corrected chi connectivity index (χ0v) is 24.4. The fraction of sp³-hybridized carbons (Fsp3) is 0.545. The van der Waals surface area contributed by atoms with Crippen LogP contribution in [0.2, 0.25) is 0 Å². The van der Waals surface area contributed by atoms with Crippen LogP contribution in [0.5, 0.6) is 5.88 Å². The summed E-state index contributed by atoms with van der Waals surface area (Å²) >= 11 is 0. The number of nitrogens with two attached hydrogens (primary N) is 1. The van der Waals surface area contributed by atoms with Crippen molar-refractivity contribution in [1.82, 2.24) is 10.3 Å². The quantitative estimate of drug-likeness (QED) is 0.259. The summed E-state index contributed by atoms with van der Waals surface area (Å²) in [7, 11) is 4.39. The molecule has 5 rings (SSSR count). The Morgan fingerprint density at radius 2 is 1.85 bits per heavy atom. The Bertz CT molecular complexity index is 1330. The Labute approximate surface area is 237 Å². The highest BCUT2D eigenvalue weighted by atomic mass is 19.3. The van der Waals surface area contributed by atoms with Crippen molar-refractivity contribution in [2.24, 2.45) is 11.1 Å². The van der Waals surface area contributed by atoms with Crippen LogP contribution in [0.25, 0.3) is 10.8 Å². The highest BCUT2D eigenvalue weighted by Crippen LogP contribution is 2.48. The number of fused-ring (bicyclic) bond motifs is 2. The Kier molecular flexibility index (Phi) is 8.20. The summed E-state index contributed by atoms with van der Waals surface area (Å²) in [6.07, 6.45) is 4.05. The largest absolute Gasteiger partial charge is 0.471 e. The van der Waals surface area contributed by atoms with E-state index in [1.54, 1.807) is 12.1 Å². The molecule has 0 amide bonds. The number of benzene rings is 2. The Morgan fingerprint density at radius 3 is 2.65 bits per heavy atom. The van der Waals surface area contributed by atoms with Crippen LogP contribution in [0, 0.1) is 5.41 Å². The lowest BCUT2D eigenvalue weighted by Crippen LogP contribution is -2.64. The molecule has 2 aromatic carbocycles. The van der Waals surface area contributed by atoms with Crippen LogP contribution in [0.1, 0.15) is 56.4 Å². The Hall–Kier alpha value is -2.61. The third-order valence-corrected chi connectivity index (χ3v) is 9.38. The summed E-state index contributed by atoms with van der Waals surface area (Å²) in [6.45, 7) is 6.26. The van der Waals surface area contributed by atoms with Gasteiger partial charge in [0.15, 0.2) is 0 Å². The molecular weight excluding hydrogens is 506 g/mol. The van der Waals surface area contributed by atoms with Crippen LogP contribution in [-0.2, 0) is 18.8 Å². The van der Waals surface area contributed by atoms with Gasteiger partial charge in [-0.3, -0.25) is 0 Å². The van der Waals surface area contributed by atoms with E-state index in [1.165, 1.54) is 0 Å². The summed E-state index contributed by atoms with van der Waals surface area (Å²) in [4.78, 5) is 4.88. The molecule has 3 aromatic rings. The average molecular weight is 552 g/mol. The monoisotopic (exact) mass is 551 g/mol. The van der Waals surface area contributed by atoms with Crippen LogP contribution in [-0.4, -0.2) is 61.4 Å². The van der Waals surface area contributed by atoms with E-state index in [-0.39, 0.29) is 35.5 Å². The molecule has 5 nitrogen and oxygen atoms in total. The van der Waals surface area contributed by atoms with Gasteiger partial charge in [0.1, 0.15) is 19.2 Å². The van der Waals surface area contributed by atoms with Crippen molar-refractivity contribution in [2.75, 3.05) is 33.8 Å². The molecule has 0 bridgehead atoms. The van der Waals surface area contributed by atoms with E-state index in [1.807, 2.05) is 24.3 Å². The number of unbranched alkanes of at least 4 members (excludes halogenated alkanes) is 1. The summed E-state index contributed by atoms with van der Waals surface area (Å²) in [5.41, 5.74) is 8.40. The minimum Gasteiger partial charge on any atom is -0.471 e. The number of nitrogens with zero attached hydrogens (tertiary/aromatic N) is 2. The van der Waals surface area contributed by atoms with E-state index in [9.17, 15) is 0 Å². The number of aryl methyl sites for hydroxylation is 1. The number of likely N-dealkylation sites (N-methyl/N-ethyl adjacent to an activating group) is 1. The van der Waals surface area contributed by atoms with Gasteiger partial charge in [0.05, 0.1) is 26.2 Å². The van der Waals surface area contributed by atoms with Gasteiger partial charge >= 0.3 is 0 Å². The maximum Gasteiger partial charge on any atom is 0.273 e. The number of nitrogens with one attached hydrogen (secondary N) is 1. The van der Waals surface area contributed by atoms with Gasteiger partial charge in [-0.25, -0.2) is 13.8 Å². The molecule has 7 heteroatoms. The highest BCUT2D eigenvalue weighted by Gasteiger charge is 2.54. The summed E-state index contributed by atoms with van der Waals surface area (Å²) in [5.74, 6) is -2.13. The predicted molar refractivity (Wildman–Crippen MR) is 158 cm³/mol. The number of hydrogen-bond donors (Lipinski definition) is 2. The number of ether oxygens (including phenoxy) is 1. The maximum absolute atomic E-state index is 15.2. The van der Waals surface area contributed by atoms with E-state index in [4.69, 9.17) is 15.5 Å². The van der Waals surface area contributed by atoms with E-state index in [0.717, 1.165) is 47.8 Å². The van der Waals surface area contributed by atoms with Gasteiger partial charge in [-0.05, 0) is 54.2 Å². The van der Waals surface area contributed by atoms with Crippen LogP contribution >= 0.6 is 0 Å². The third kappa shape index (κ3) is 5.74. The van der Waals surface area contributed by atoms with E-state index in [0.29, 0.717) is 36.4 Å². The molecule has 3 N–H and O–H groups in total. The molecule has 0 saturated carbocycles. The fourth-order valence-corrected chi connectivity index (χ4v) is 7.07. The van der Waals surface area contributed by atoms with Crippen LogP contribution in [0.15, 0.2) is 54.6 Å². The zero-order valence-electron chi connectivity index (χ0n) is 24.4. The van der Waals surface area contributed by atoms with Crippen molar-refractivity contribution in [3.63, 3.8) is 0 Å². The van der Waals surface area contributed by atoms with E-state index < -0.39 is 5.92 Å². The van der Waals surface area contributed by atoms with Crippen LogP contribution in [0.4, 0.5) is 8.78 Å². The second kappa shape index (κ2) is 11.3. The van der Waals surface area contributed by atoms with Gasteiger partial charge in [-0.15, -0.1) is 0 Å². The molecule has 2 aliphatic rings. The summed E-state index contributed by atoms with van der Waals surface area (Å²) in [6, 6.07) is 17.5. The molecule has 1 aromatic heterocycles. The van der Waals surface area contributed by atoms with Crippen molar-refractivity contribution < 1.29 is 18.0 Å². The summed E-state index contributed by atoms with van der Waals surface area (Å²) < 4.78 is 37.3. The lowest BCUT2D eigenvalue weighted by atomic mass is 9.71. The molecule has 40 heavy (non-hydrogen) atoms. The molecule has 4 atom stereocenters. The number of rotatable bonds is 9. The molecule has 1 saturated heterocycles. The SMILES string of the molecule is CCCCc1cc2ccccc2c(OCC[N+](C)(C)C2C(N)CNC2C2(C)CCC(F)(F)c3ccccc3C2)n1. The smallest absolute Gasteiger partial charge is 0.273 e. The van der Waals surface area contributed by atoms with Gasteiger partial charge in [0.2, 0.25) is 5.88 Å². The molecule has 216 valence electrons. The lowest BCUT2D eigenvalue weighted by Gasteiger charge is -2.46. The molecule has 0 spiro atoms. The topological polar surface area (TPSA) is 60.2 Å². The van der Waals surface area contributed by atoms with Crippen molar-refractivity contribution in [3.8, 4) is 5.88 Å². The number of pyridine rings is 1. The van der Waals surface area contributed by atoms with Crippen molar-refractivity contribution >= 4 is 10.8 Å². The minimum absolute atomic E-state index is 0.00998. The molecule has 4 unspecified atom stereocenters. The van der Waals surface area contributed by atoms with Gasteiger partial charge in [-0.1, -0.05) is 62.7 Å². The number of halogens is 2. The molecule has 1 aliphatic heterocycles. The number of hydrogen-bond acceptors (Lipinski definition) is 4. The Balaban J connectivity index is 1.34. The first kappa shape index (κ1) is 28.9. The predicted octanol–water partition coefficient (Wildman–Crippen LogP) is 5.83. The van der Waals surface area contributed by atoms with E-state index >= 15 is 8.78 Å². The first-order chi connectivity index (χ1) is 19.0. The van der Waals surface area contributed by atoms with Gasteiger partial charge < -0.3 is 20.3 Å². The average Bonchev–Trinajstić information content (AvgIpc) is 3.30. The second-order valence-corrected chi connectivity index (χ2v) is 12.8. The minimum atomic E-state index is -2.82. The molecular formula is C33H45F2N4O+. The van der Waals surface area contributed by atoms with Gasteiger partial charge in [-0.2, -0.15) is 0 Å².